The second kappa shape index (κ2) is 5.25. The first-order valence-corrected chi connectivity index (χ1v) is 7.96. The van der Waals surface area contributed by atoms with Crippen LogP contribution in [-0.2, 0) is 0 Å². The van der Waals surface area contributed by atoms with Gasteiger partial charge < -0.3 is 9.84 Å². The van der Waals surface area contributed by atoms with Crippen LogP contribution < -0.4 is 4.74 Å². The van der Waals surface area contributed by atoms with Gasteiger partial charge in [0.2, 0.25) is 5.88 Å². The number of likely N-dealkylation sites (tertiary alicyclic amines) is 1. The lowest BCUT2D eigenvalue weighted by molar-refractivity contribution is -0.0567. The molecule has 118 valence electrons. The molecule has 0 bridgehead atoms. The van der Waals surface area contributed by atoms with Crippen molar-refractivity contribution in [2.45, 2.75) is 64.6 Å². The second-order valence-corrected chi connectivity index (χ2v) is 8.21. The molecule has 2 heterocycles. The van der Waals surface area contributed by atoms with E-state index in [9.17, 15) is 9.90 Å². The fourth-order valence-corrected chi connectivity index (χ4v) is 3.84. The molecule has 0 radical (unpaired) electrons. The largest absolute Gasteiger partial charge is 0.477 e. The number of aromatic nitrogens is 1. The van der Waals surface area contributed by atoms with E-state index in [1.54, 1.807) is 6.92 Å². The maximum absolute atomic E-state index is 11.3. The number of carbonyl (C=O) groups is 1. The number of hydrogen-bond donors (Lipinski definition) is 1. The van der Waals surface area contributed by atoms with Gasteiger partial charge in [-0.15, -0.1) is 11.3 Å². The van der Waals surface area contributed by atoms with Crippen molar-refractivity contribution in [3.63, 3.8) is 0 Å². The van der Waals surface area contributed by atoms with Gasteiger partial charge in [-0.1, -0.05) is 0 Å². The monoisotopic (exact) mass is 312 g/mol. The van der Waals surface area contributed by atoms with Crippen LogP contribution in [-0.4, -0.2) is 45.2 Å². The number of piperidine rings is 1. The summed E-state index contributed by atoms with van der Waals surface area (Å²) < 4.78 is 5.98. The van der Waals surface area contributed by atoms with Crippen LogP contribution in [0.2, 0.25) is 0 Å². The topological polar surface area (TPSA) is 62.7 Å². The van der Waals surface area contributed by atoms with Gasteiger partial charge in [-0.2, -0.15) is 0 Å². The van der Waals surface area contributed by atoms with E-state index in [1.165, 1.54) is 11.3 Å². The lowest BCUT2D eigenvalue weighted by Gasteiger charge is -2.53. The number of ether oxygens (including phenoxy) is 1. The van der Waals surface area contributed by atoms with Crippen LogP contribution in [0.4, 0.5) is 0 Å². The van der Waals surface area contributed by atoms with E-state index in [-0.39, 0.29) is 27.9 Å². The third-order valence-electron chi connectivity index (χ3n) is 4.45. The molecular formula is C15H24N2O3S. The first kappa shape index (κ1) is 16.2. The smallest absolute Gasteiger partial charge is 0.351 e. The number of carboxylic acids is 1. The van der Waals surface area contributed by atoms with E-state index < -0.39 is 5.97 Å². The number of nitrogens with zero attached hydrogens (tertiary/aromatic N) is 2. The van der Waals surface area contributed by atoms with Crippen LogP contribution in [0.5, 0.6) is 5.88 Å². The molecule has 1 aromatic rings. The molecule has 0 spiro atoms. The van der Waals surface area contributed by atoms with E-state index in [1.807, 2.05) is 0 Å². The Bertz CT molecular complexity index is 533. The summed E-state index contributed by atoms with van der Waals surface area (Å²) >= 11 is 1.17. The fourth-order valence-electron chi connectivity index (χ4n) is 3.14. The average molecular weight is 312 g/mol. The number of aromatic carboxylic acids is 1. The highest BCUT2D eigenvalue weighted by Gasteiger charge is 2.44. The van der Waals surface area contributed by atoms with Crippen molar-refractivity contribution in [1.29, 1.82) is 0 Å². The molecule has 1 fully saturated rings. The van der Waals surface area contributed by atoms with Crippen LogP contribution in [0.25, 0.3) is 0 Å². The highest BCUT2D eigenvalue weighted by Crippen LogP contribution is 2.39. The minimum Gasteiger partial charge on any atom is -0.477 e. The Labute approximate surface area is 129 Å². The van der Waals surface area contributed by atoms with Gasteiger partial charge in [0.25, 0.3) is 0 Å². The highest BCUT2D eigenvalue weighted by molar-refractivity contribution is 7.13. The van der Waals surface area contributed by atoms with E-state index in [2.05, 4.69) is 44.6 Å². The van der Waals surface area contributed by atoms with Gasteiger partial charge in [-0.05, 0) is 41.7 Å². The van der Waals surface area contributed by atoms with Crippen molar-refractivity contribution >= 4 is 17.3 Å². The van der Waals surface area contributed by atoms with Gasteiger partial charge in [0, 0.05) is 23.9 Å². The summed E-state index contributed by atoms with van der Waals surface area (Å²) in [7, 11) is 2.13. The summed E-state index contributed by atoms with van der Waals surface area (Å²) in [6.45, 7) is 10.6. The van der Waals surface area contributed by atoms with E-state index >= 15 is 0 Å². The van der Waals surface area contributed by atoms with Crippen molar-refractivity contribution in [3.8, 4) is 5.88 Å². The summed E-state index contributed by atoms with van der Waals surface area (Å²) in [5.41, 5.74) is 0.00173. The lowest BCUT2D eigenvalue weighted by Crippen LogP contribution is -2.60. The molecule has 0 atom stereocenters. The van der Waals surface area contributed by atoms with Gasteiger partial charge in [0.05, 0.1) is 5.01 Å². The summed E-state index contributed by atoms with van der Waals surface area (Å²) in [5.74, 6) is -0.701. The number of carboxylic acid groups (broad SMARTS) is 1. The maximum atomic E-state index is 11.3. The van der Waals surface area contributed by atoms with Crippen LogP contribution in [0.1, 0.15) is 55.2 Å². The Balaban J connectivity index is 2.23. The molecule has 0 unspecified atom stereocenters. The number of hydrogen-bond acceptors (Lipinski definition) is 5. The number of thiazole rings is 1. The molecular weight excluding hydrogens is 288 g/mol. The molecule has 2 rings (SSSR count). The van der Waals surface area contributed by atoms with E-state index in [0.29, 0.717) is 5.01 Å². The number of aryl methyl sites for hydroxylation is 1. The Kier molecular flexibility index (Phi) is 4.06. The summed E-state index contributed by atoms with van der Waals surface area (Å²) in [6, 6.07) is 0. The van der Waals surface area contributed by atoms with E-state index in [0.717, 1.165) is 12.8 Å². The van der Waals surface area contributed by atoms with Crippen molar-refractivity contribution in [1.82, 2.24) is 9.88 Å². The molecule has 0 saturated carbocycles. The zero-order valence-corrected chi connectivity index (χ0v) is 14.4. The first-order chi connectivity index (χ1) is 9.53. The van der Waals surface area contributed by atoms with Crippen molar-refractivity contribution in [2.24, 2.45) is 0 Å². The molecule has 21 heavy (non-hydrogen) atoms. The van der Waals surface area contributed by atoms with Crippen LogP contribution >= 0.6 is 11.3 Å². The summed E-state index contributed by atoms with van der Waals surface area (Å²) in [6.07, 6.45) is 1.68. The lowest BCUT2D eigenvalue weighted by atomic mass is 9.79. The third kappa shape index (κ3) is 3.21. The Morgan fingerprint density at radius 1 is 1.33 bits per heavy atom. The van der Waals surface area contributed by atoms with E-state index in [4.69, 9.17) is 4.74 Å². The van der Waals surface area contributed by atoms with Gasteiger partial charge in [0.15, 0.2) is 4.88 Å². The molecule has 1 N–H and O–H groups in total. The zero-order chi connectivity index (χ0) is 16.0. The summed E-state index contributed by atoms with van der Waals surface area (Å²) in [4.78, 5) is 18.1. The molecule has 1 saturated heterocycles. The van der Waals surface area contributed by atoms with Crippen LogP contribution in [0, 0.1) is 6.92 Å². The molecule has 1 aromatic heterocycles. The average Bonchev–Trinajstić information content (AvgIpc) is 2.66. The number of rotatable bonds is 3. The minimum absolute atomic E-state index is 0.000863. The predicted molar refractivity (Wildman–Crippen MR) is 83.4 cm³/mol. The highest BCUT2D eigenvalue weighted by atomic mass is 32.1. The SMILES string of the molecule is Cc1nc(OC2CC(C)(C)N(C)C(C)(C)C2)c(C(=O)O)s1. The summed E-state index contributed by atoms with van der Waals surface area (Å²) in [5, 5.41) is 9.95. The normalized spacial score (nSPS) is 22.2. The molecule has 5 nitrogen and oxygen atoms in total. The van der Waals surface area contributed by atoms with Gasteiger partial charge in [0.1, 0.15) is 6.10 Å². The molecule has 0 aromatic carbocycles. The third-order valence-corrected chi connectivity index (χ3v) is 5.39. The van der Waals surface area contributed by atoms with Crippen molar-refractivity contribution in [2.75, 3.05) is 7.05 Å². The van der Waals surface area contributed by atoms with Gasteiger partial charge >= 0.3 is 5.97 Å². The first-order valence-electron chi connectivity index (χ1n) is 7.14. The molecule has 6 heteroatoms. The van der Waals surface area contributed by atoms with Gasteiger partial charge in [-0.25, -0.2) is 9.78 Å². The zero-order valence-electron chi connectivity index (χ0n) is 13.6. The Morgan fingerprint density at radius 3 is 2.33 bits per heavy atom. The second-order valence-electron chi connectivity index (χ2n) is 7.00. The molecule has 0 amide bonds. The Morgan fingerprint density at radius 2 is 1.86 bits per heavy atom. The fraction of sp³-hybridized carbons (Fsp3) is 0.733. The standard InChI is InChI=1S/C15H24N2O3S/c1-9-16-12(11(21-9)13(18)19)20-10-7-14(2,3)17(6)15(4,5)8-10/h10H,7-8H2,1-6H3,(H,18,19). The van der Waals surface area contributed by atoms with Crippen LogP contribution in [0.15, 0.2) is 0 Å². The molecule has 1 aliphatic rings. The van der Waals surface area contributed by atoms with Crippen molar-refractivity contribution < 1.29 is 14.6 Å². The van der Waals surface area contributed by atoms with Crippen molar-refractivity contribution in [3.05, 3.63) is 9.88 Å². The molecule has 1 aliphatic heterocycles. The predicted octanol–water partition coefficient (Wildman–Crippen LogP) is 3.18. The maximum Gasteiger partial charge on any atom is 0.351 e. The van der Waals surface area contributed by atoms with Crippen LogP contribution in [0.3, 0.4) is 0 Å². The van der Waals surface area contributed by atoms with Gasteiger partial charge in [-0.3, -0.25) is 4.90 Å². The molecule has 0 aliphatic carbocycles. The Hall–Kier alpha value is -1.14. The quantitative estimate of drug-likeness (QED) is 0.928. The minimum atomic E-state index is -0.970.